The van der Waals surface area contributed by atoms with E-state index in [1.807, 2.05) is 0 Å². The van der Waals surface area contributed by atoms with Crippen LogP contribution in [0.2, 0.25) is 0 Å². The molecule has 2 rings (SSSR count). The van der Waals surface area contributed by atoms with E-state index < -0.39 is 15.9 Å². The van der Waals surface area contributed by atoms with E-state index in [2.05, 4.69) is 10.6 Å². The normalized spacial score (nSPS) is 19.9. The molecule has 0 bridgehead atoms. The monoisotopic (exact) mass is 282 g/mol. The molecule has 1 atom stereocenters. The van der Waals surface area contributed by atoms with Gasteiger partial charge >= 0.3 is 0 Å². The summed E-state index contributed by atoms with van der Waals surface area (Å²) in [6, 6.07) is 5.68. The molecular formula is C12H14N2O4S. The van der Waals surface area contributed by atoms with Gasteiger partial charge in [-0.1, -0.05) is 0 Å². The molecule has 1 fully saturated rings. The van der Waals surface area contributed by atoms with Crippen LogP contribution in [0.3, 0.4) is 0 Å². The molecule has 1 aliphatic heterocycles. The fourth-order valence-corrected chi connectivity index (χ4v) is 2.46. The van der Waals surface area contributed by atoms with Crippen LogP contribution in [0.5, 0.6) is 0 Å². The highest BCUT2D eigenvalue weighted by Gasteiger charge is 2.26. The lowest BCUT2D eigenvalue weighted by molar-refractivity contribution is -0.133. The van der Waals surface area contributed by atoms with E-state index in [9.17, 15) is 18.0 Å². The van der Waals surface area contributed by atoms with Gasteiger partial charge in [0.2, 0.25) is 11.8 Å². The van der Waals surface area contributed by atoms with E-state index in [1.165, 1.54) is 12.1 Å². The van der Waals surface area contributed by atoms with Gasteiger partial charge in [-0.3, -0.25) is 14.9 Å². The van der Waals surface area contributed by atoms with Crippen LogP contribution >= 0.6 is 0 Å². The highest BCUT2D eigenvalue weighted by atomic mass is 32.2. The number of carbonyl (C=O) groups is 2. The predicted molar refractivity (Wildman–Crippen MR) is 69.3 cm³/mol. The van der Waals surface area contributed by atoms with E-state index in [0.717, 1.165) is 6.26 Å². The Hall–Kier alpha value is -1.89. The van der Waals surface area contributed by atoms with Crippen LogP contribution in [0.15, 0.2) is 29.2 Å². The summed E-state index contributed by atoms with van der Waals surface area (Å²) in [5, 5.41) is 5.22. The number of anilines is 1. The van der Waals surface area contributed by atoms with Gasteiger partial charge in [-0.2, -0.15) is 0 Å². The molecular weight excluding hydrogens is 268 g/mol. The van der Waals surface area contributed by atoms with Gasteiger partial charge in [-0.05, 0) is 30.7 Å². The number of hydrogen-bond acceptors (Lipinski definition) is 5. The molecule has 1 aromatic rings. The number of rotatable bonds is 3. The summed E-state index contributed by atoms with van der Waals surface area (Å²) >= 11 is 0. The first-order chi connectivity index (χ1) is 8.86. The lowest BCUT2D eigenvalue weighted by Crippen LogP contribution is -2.47. The van der Waals surface area contributed by atoms with Crippen LogP contribution in [0.25, 0.3) is 0 Å². The Balaban J connectivity index is 2.08. The Bertz CT molecular complexity index is 607. The zero-order valence-electron chi connectivity index (χ0n) is 10.3. The Morgan fingerprint density at radius 1 is 1.21 bits per heavy atom. The van der Waals surface area contributed by atoms with E-state index in [1.54, 1.807) is 12.1 Å². The number of nitrogens with one attached hydrogen (secondary N) is 2. The lowest BCUT2D eigenvalue weighted by atomic mass is 10.1. The third-order valence-electron chi connectivity index (χ3n) is 2.86. The Morgan fingerprint density at radius 3 is 2.37 bits per heavy atom. The lowest BCUT2D eigenvalue weighted by Gasteiger charge is -2.22. The van der Waals surface area contributed by atoms with E-state index >= 15 is 0 Å². The van der Waals surface area contributed by atoms with Crippen molar-refractivity contribution in [2.75, 3.05) is 11.6 Å². The fourth-order valence-electron chi connectivity index (χ4n) is 1.83. The van der Waals surface area contributed by atoms with Crippen LogP contribution in [-0.2, 0) is 19.4 Å². The van der Waals surface area contributed by atoms with Crippen LogP contribution in [0.1, 0.15) is 12.8 Å². The van der Waals surface area contributed by atoms with Crippen LogP contribution in [0.4, 0.5) is 5.69 Å². The summed E-state index contributed by atoms with van der Waals surface area (Å²) < 4.78 is 22.6. The molecule has 1 saturated heterocycles. The molecule has 0 aromatic heterocycles. The molecule has 102 valence electrons. The van der Waals surface area contributed by atoms with Crippen LogP contribution in [-0.4, -0.2) is 32.5 Å². The van der Waals surface area contributed by atoms with Crippen molar-refractivity contribution < 1.29 is 18.0 Å². The first-order valence-corrected chi connectivity index (χ1v) is 7.66. The molecule has 2 amide bonds. The van der Waals surface area contributed by atoms with E-state index in [0.29, 0.717) is 18.5 Å². The van der Waals surface area contributed by atoms with Crippen LogP contribution in [0, 0.1) is 0 Å². The molecule has 6 nitrogen and oxygen atoms in total. The highest BCUT2D eigenvalue weighted by molar-refractivity contribution is 7.90. The van der Waals surface area contributed by atoms with Gasteiger partial charge in [-0.15, -0.1) is 0 Å². The Labute approximate surface area is 111 Å². The predicted octanol–water partition coefficient (Wildman–Crippen LogP) is 0.307. The molecule has 1 heterocycles. The number of carbonyl (C=O) groups excluding carboxylic acids is 2. The molecule has 0 saturated carbocycles. The second-order valence-corrected chi connectivity index (χ2v) is 6.46. The molecule has 2 N–H and O–H groups in total. The van der Waals surface area contributed by atoms with Crippen molar-refractivity contribution in [3.8, 4) is 0 Å². The summed E-state index contributed by atoms with van der Waals surface area (Å²) in [5.41, 5.74) is 0.641. The smallest absolute Gasteiger partial charge is 0.249 e. The minimum absolute atomic E-state index is 0.223. The summed E-state index contributed by atoms with van der Waals surface area (Å²) in [5.74, 6) is -0.626. The van der Waals surface area contributed by atoms with Gasteiger partial charge in [0.05, 0.1) is 4.90 Å². The van der Waals surface area contributed by atoms with Crippen molar-refractivity contribution in [3.05, 3.63) is 24.3 Å². The average Bonchev–Trinajstić information content (AvgIpc) is 2.32. The molecule has 0 aliphatic carbocycles. The number of benzene rings is 1. The van der Waals surface area contributed by atoms with Crippen molar-refractivity contribution in [2.24, 2.45) is 0 Å². The first-order valence-electron chi connectivity index (χ1n) is 5.76. The topological polar surface area (TPSA) is 92.3 Å². The van der Waals surface area contributed by atoms with Gasteiger partial charge in [-0.25, -0.2) is 8.42 Å². The van der Waals surface area contributed by atoms with Crippen molar-refractivity contribution in [1.29, 1.82) is 0 Å². The zero-order valence-corrected chi connectivity index (χ0v) is 11.2. The van der Waals surface area contributed by atoms with E-state index in [4.69, 9.17) is 0 Å². The maximum absolute atomic E-state index is 11.5. The minimum Gasteiger partial charge on any atom is -0.374 e. The van der Waals surface area contributed by atoms with Gasteiger partial charge in [0.15, 0.2) is 9.84 Å². The molecule has 1 aromatic carbocycles. The van der Waals surface area contributed by atoms with Crippen molar-refractivity contribution >= 4 is 27.3 Å². The summed E-state index contributed by atoms with van der Waals surface area (Å²) in [4.78, 5) is 22.8. The SMILES string of the molecule is CS(=O)(=O)c1ccc(NC2CCC(=O)NC2=O)cc1. The first kappa shape index (κ1) is 13.5. The Kier molecular flexibility index (Phi) is 3.57. The van der Waals surface area contributed by atoms with Gasteiger partial charge < -0.3 is 5.32 Å². The number of imide groups is 1. The molecule has 0 radical (unpaired) electrons. The number of sulfone groups is 1. The maximum atomic E-state index is 11.5. The largest absolute Gasteiger partial charge is 0.374 e. The third kappa shape index (κ3) is 3.31. The quantitative estimate of drug-likeness (QED) is 0.778. The van der Waals surface area contributed by atoms with Gasteiger partial charge in [0.25, 0.3) is 0 Å². The average molecular weight is 282 g/mol. The second-order valence-electron chi connectivity index (χ2n) is 4.44. The van der Waals surface area contributed by atoms with Crippen LogP contribution < -0.4 is 10.6 Å². The molecule has 19 heavy (non-hydrogen) atoms. The maximum Gasteiger partial charge on any atom is 0.249 e. The highest BCUT2D eigenvalue weighted by Crippen LogP contribution is 2.17. The standard InChI is InChI=1S/C12H14N2O4S/c1-19(17,18)9-4-2-8(3-5-9)13-10-6-7-11(15)14-12(10)16/h2-5,10,13H,6-7H2,1H3,(H,14,15,16). The van der Waals surface area contributed by atoms with Crippen molar-refractivity contribution in [3.63, 3.8) is 0 Å². The number of hydrogen-bond donors (Lipinski definition) is 2. The summed E-state index contributed by atoms with van der Waals surface area (Å²) in [7, 11) is -3.22. The summed E-state index contributed by atoms with van der Waals surface area (Å²) in [6.45, 7) is 0. The molecule has 1 aliphatic rings. The van der Waals surface area contributed by atoms with Crippen molar-refractivity contribution in [2.45, 2.75) is 23.8 Å². The Morgan fingerprint density at radius 2 is 1.84 bits per heavy atom. The number of piperidine rings is 1. The van der Waals surface area contributed by atoms with Gasteiger partial charge in [0, 0.05) is 18.4 Å². The second kappa shape index (κ2) is 5.00. The van der Waals surface area contributed by atoms with Crippen molar-refractivity contribution in [1.82, 2.24) is 5.32 Å². The minimum atomic E-state index is -3.22. The third-order valence-corrected chi connectivity index (χ3v) is 3.99. The molecule has 0 spiro atoms. The molecule has 7 heteroatoms. The van der Waals surface area contributed by atoms with Gasteiger partial charge in [0.1, 0.15) is 6.04 Å². The van der Waals surface area contributed by atoms with E-state index in [-0.39, 0.29) is 16.7 Å². The zero-order chi connectivity index (χ0) is 14.0. The number of amides is 2. The summed E-state index contributed by atoms with van der Waals surface area (Å²) in [6.07, 6.45) is 1.86. The molecule has 1 unspecified atom stereocenters. The fraction of sp³-hybridized carbons (Fsp3) is 0.333.